The average Bonchev–Trinajstić information content (AvgIpc) is 2.87. The molecule has 3 aromatic carbocycles. The minimum atomic E-state index is -4.05. The van der Waals surface area contributed by atoms with Crippen LogP contribution in [0.3, 0.4) is 0 Å². The van der Waals surface area contributed by atoms with E-state index in [1.165, 1.54) is 41.3 Å². The molecule has 0 saturated carbocycles. The lowest BCUT2D eigenvalue weighted by Crippen LogP contribution is -2.54. The fraction of sp³-hybridized carbons (Fsp3) is 0.286. The molecule has 0 radical (unpaired) electrons. The molecule has 2 amide bonds. The van der Waals surface area contributed by atoms with E-state index in [1.54, 1.807) is 13.8 Å². The van der Waals surface area contributed by atoms with Crippen molar-refractivity contribution in [3.05, 3.63) is 98.7 Å². The Bertz CT molecular complexity index is 1460. The predicted octanol–water partition coefficient (Wildman–Crippen LogP) is 5.72. The summed E-state index contributed by atoms with van der Waals surface area (Å²) in [5.74, 6) is -1.57. The van der Waals surface area contributed by atoms with E-state index >= 15 is 0 Å². The van der Waals surface area contributed by atoms with E-state index in [2.05, 4.69) is 5.32 Å². The second kappa shape index (κ2) is 13.7. The Balaban J connectivity index is 2.09. The van der Waals surface area contributed by atoms with Crippen molar-refractivity contribution in [3.8, 4) is 0 Å². The molecule has 0 aliphatic heterocycles. The first-order valence-electron chi connectivity index (χ1n) is 12.3. The number of benzene rings is 3. The normalized spacial score (nSPS) is 12.2. The number of anilines is 1. The smallest absolute Gasteiger partial charge is 0.244 e. The third kappa shape index (κ3) is 8.57. The Labute approximate surface area is 248 Å². The van der Waals surface area contributed by atoms with Crippen LogP contribution < -0.4 is 9.62 Å². The molecule has 12 heteroatoms. The summed E-state index contributed by atoms with van der Waals surface area (Å²) in [5, 5.41) is 2.98. The number of hydrogen-bond donors (Lipinski definition) is 1. The second-order valence-electron chi connectivity index (χ2n) is 9.50. The number of rotatable bonds is 11. The van der Waals surface area contributed by atoms with Crippen molar-refractivity contribution in [1.29, 1.82) is 0 Å². The van der Waals surface area contributed by atoms with Crippen molar-refractivity contribution in [2.24, 2.45) is 0 Å². The van der Waals surface area contributed by atoms with Gasteiger partial charge in [-0.1, -0.05) is 77.3 Å². The number of nitrogens with one attached hydrogen (secondary N) is 1. The summed E-state index contributed by atoms with van der Waals surface area (Å²) in [5.41, 5.74) is 1.29. The maximum atomic E-state index is 14.0. The third-order valence-electron chi connectivity index (χ3n) is 5.91. The number of carbonyl (C=O) groups excluding carboxylic acids is 2. The number of sulfonamides is 1. The van der Waals surface area contributed by atoms with Crippen LogP contribution in [0.2, 0.25) is 15.1 Å². The van der Waals surface area contributed by atoms with Gasteiger partial charge in [0.25, 0.3) is 0 Å². The summed E-state index contributed by atoms with van der Waals surface area (Å²) in [4.78, 5) is 28.8. The summed E-state index contributed by atoms with van der Waals surface area (Å²) in [6.45, 7) is 2.81. The van der Waals surface area contributed by atoms with Gasteiger partial charge in [0.05, 0.1) is 27.0 Å². The first-order chi connectivity index (χ1) is 18.8. The van der Waals surface area contributed by atoms with Crippen LogP contribution in [-0.2, 0) is 32.6 Å². The molecule has 0 fully saturated rings. The van der Waals surface area contributed by atoms with Crippen LogP contribution in [0.25, 0.3) is 0 Å². The van der Waals surface area contributed by atoms with Crippen LogP contribution in [-0.4, -0.2) is 50.0 Å². The van der Waals surface area contributed by atoms with Gasteiger partial charge < -0.3 is 10.2 Å². The monoisotopic (exact) mass is 627 g/mol. The van der Waals surface area contributed by atoms with Crippen LogP contribution in [0, 0.1) is 5.82 Å². The molecule has 3 rings (SSSR count). The van der Waals surface area contributed by atoms with Crippen LogP contribution in [0.15, 0.2) is 66.7 Å². The molecule has 0 aliphatic rings. The predicted molar refractivity (Wildman–Crippen MR) is 158 cm³/mol. The minimum absolute atomic E-state index is 0.0314. The number of carbonyl (C=O) groups is 2. The Morgan fingerprint density at radius 3 is 2.08 bits per heavy atom. The molecular formula is C28H29Cl3FN3O4S. The lowest BCUT2D eigenvalue weighted by atomic mass is 10.0. The number of hydrogen-bond acceptors (Lipinski definition) is 4. The summed E-state index contributed by atoms with van der Waals surface area (Å²) in [6.07, 6.45) is 1.08. The summed E-state index contributed by atoms with van der Waals surface area (Å²) in [6, 6.07) is 15.9. The number of halogens is 4. The van der Waals surface area contributed by atoms with E-state index in [9.17, 15) is 22.4 Å². The lowest BCUT2D eigenvalue weighted by Gasteiger charge is -2.34. The van der Waals surface area contributed by atoms with E-state index in [1.807, 2.05) is 30.3 Å². The molecule has 40 heavy (non-hydrogen) atoms. The number of amides is 2. The highest BCUT2D eigenvalue weighted by Crippen LogP contribution is 2.35. The van der Waals surface area contributed by atoms with E-state index in [0.717, 1.165) is 16.1 Å². The molecule has 0 heterocycles. The van der Waals surface area contributed by atoms with E-state index < -0.39 is 40.2 Å². The van der Waals surface area contributed by atoms with Crippen molar-refractivity contribution >= 4 is 62.3 Å². The molecule has 0 unspecified atom stereocenters. The van der Waals surface area contributed by atoms with Gasteiger partial charge in [0.1, 0.15) is 18.4 Å². The third-order valence-corrected chi connectivity index (χ3v) is 8.06. The minimum Gasteiger partial charge on any atom is -0.352 e. The zero-order valence-corrected chi connectivity index (χ0v) is 25.2. The van der Waals surface area contributed by atoms with E-state index in [-0.39, 0.29) is 39.8 Å². The highest BCUT2D eigenvalue weighted by Gasteiger charge is 2.34. The van der Waals surface area contributed by atoms with Crippen molar-refractivity contribution in [2.45, 2.75) is 38.9 Å². The van der Waals surface area contributed by atoms with Crippen LogP contribution in [0.5, 0.6) is 0 Å². The summed E-state index contributed by atoms with van der Waals surface area (Å²) < 4.78 is 40.2. The van der Waals surface area contributed by atoms with Crippen LogP contribution in [0.4, 0.5) is 10.1 Å². The van der Waals surface area contributed by atoms with E-state index in [4.69, 9.17) is 34.8 Å². The maximum Gasteiger partial charge on any atom is 0.244 e. The lowest BCUT2D eigenvalue weighted by molar-refractivity contribution is -0.140. The Morgan fingerprint density at radius 1 is 0.900 bits per heavy atom. The molecule has 0 saturated heterocycles. The van der Waals surface area contributed by atoms with Gasteiger partial charge in [-0.2, -0.15) is 0 Å². The molecule has 1 N–H and O–H groups in total. The molecule has 0 aliphatic carbocycles. The van der Waals surface area contributed by atoms with Gasteiger partial charge in [-0.3, -0.25) is 13.9 Å². The van der Waals surface area contributed by atoms with Gasteiger partial charge >= 0.3 is 0 Å². The Morgan fingerprint density at radius 2 is 1.50 bits per heavy atom. The molecule has 0 aromatic heterocycles. The van der Waals surface area contributed by atoms with Crippen molar-refractivity contribution in [2.75, 3.05) is 17.1 Å². The van der Waals surface area contributed by atoms with Crippen molar-refractivity contribution in [3.63, 3.8) is 0 Å². The fourth-order valence-electron chi connectivity index (χ4n) is 4.02. The van der Waals surface area contributed by atoms with Crippen molar-refractivity contribution in [1.82, 2.24) is 10.2 Å². The Hall–Kier alpha value is -2.85. The quantitative estimate of drug-likeness (QED) is 0.276. The van der Waals surface area contributed by atoms with Gasteiger partial charge in [-0.15, -0.1) is 0 Å². The molecule has 1 atom stereocenters. The number of nitrogens with zero attached hydrogens (tertiary/aromatic N) is 2. The highest BCUT2D eigenvalue weighted by atomic mass is 35.5. The van der Waals surface area contributed by atoms with E-state index in [0.29, 0.717) is 5.56 Å². The van der Waals surface area contributed by atoms with Crippen LogP contribution in [0.1, 0.15) is 25.0 Å². The SMILES string of the molecule is CC(C)NC(=O)[C@@H](Cc1ccccc1)N(Cc1ccc(F)cc1)C(=O)CN(c1cc(Cl)c(Cl)cc1Cl)S(C)(=O)=O. The topological polar surface area (TPSA) is 86.8 Å². The molecule has 0 bridgehead atoms. The molecular weight excluding hydrogens is 600 g/mol. The first-order valence-corrected chi connectivity index (χ1v) is 15.2. The molecule has 7 nitrogen and oxygen atoms in total. The zero-order valence-electron chi connectivity index (χ0n) is 22.1. The van der Waals surface area contributed by atoms with Gasteiger partial charge in [0.15, 0.2) is 0 Å². The van der Waals surface area contributed by atoms with Crippen molar-refractivity contribution < 1.29 is 22.4 Å². The largest absolute Gasteiger partial charge is 0.352 e. The van der Waals surface area contributed by atoms with Gasteiger partial charge in [-0.05, 0) is 49.2 Å². The first kappa shape index (κ1) is 31.7. The average molecular weight is 629 g/mol. The highest BCUT2D eigenvalue weighted by molar-refractivity contribution is 7.92. The Kier molecular flexibility index (Phi) is 10.8. The van der Waals surface area contributed by atoms with Crippen LogP contribution >= 0.6 is 34.8 Å². The van der Waals surface area contributed by atoms with Gasteiger partial charge in [-0.25, -0.2) is 12.8 Å². The second-order valence-corrected chi connectivity index (χ2v) is 12.6. The summed E-state index contributed by atoms with van der Waals surface area (Å²) in [7, 11) is -4.05. The fourth-order valence-corrected chi connectivity index (χ4v) is 5.57. The molecule has 0 spiro atoms. The summed E-state index contributed by atoms with van der Waals surface area (Å²) >= 11 is 18.5. The maximum absolute atomic E-state index is 14.0. The zero-order chi connectivity index (χ0) is 29.6. The molecule has 214 valence electrons. The molecule has 3 aromatic rings. The van der Waals surface area contributed by atoms with Gasteiger partial charge in [0.2, 0.25) is 21.8 Å². The van der Waals surface area contributed by atoms with Gasteiger partial charge in [0, 0.05) is 19.0 Å². The standard InChI is InChI=1S/C28H29Cl3FN3O4S/c1-18(2)33-28(37)26(13-19-7-5-4-6-8-19)34(16-20-9-11-21(32)12-10-20)27(36)17-35(40(3,38)39)25-15-23(30)22(29)14-24(25)31/h4-12,14-15,18,26H,13,16-17H2,1-3H3,(H,33,37)/t26-/m1/s1.